The maximum Gasteiger partial charge on any atom is 0.0484 e. The first-order valence-corrected chi connectivity index (χ1v) is 4.95. The fourth-order valence-corrected chi connectivity index (χ4v) is 1.45. The van der Waals surface area contributed by atoms with Crippen LogP contribution in [0.4, 0.5) is 0 Å². The number of aliphatic hydroxyl groups is 2. The zero-order valence-electron chi connectivity index (χ0n) is 8.83. The fourth-order valence-electron chi connectivity index (χ4n) is 1.45. The van der Waals surface area contributed by atoms with Gasteiger partial charge in [0.05, 0.1) is 0 Å². The molecule has 0 bridgehead atoms. The van der Waals surface area contributed by atoms with Crippen LogP contribution in [0.5, 0.6) is 0 Å². The Morgan fingerprint density at radius 3 is 2.21 bits per heavy atom. The van der Waals surface area contributed by atoms with Crippen LogP contribution in [-0.2, 0) is 6.42 Å². The second-order valence-electron chi connectivity index (χ2n) is 3.85. The summed E-state index contributed by atoms with van der Waals surface area (Å²) in [7, 11) is 0. The van der Waals surface area contributed by atoms with Crippen molar-refractivity contribution in [3.05, 3.63) is 34.9 Å². The van der Waals surface area contributed by atoms with Crippen molar-refractivity contribution in [1.82, 2.24) is 0 Å². The summed E-state index contributed by atoms with van der Waals surface area (Å²) in [5, 5.41) is 17.9. The summed E-state index contributed by atoms with van der Waals surface area (Å²) in [6.45, 7) is 4.24. The predicted octanol–water partition coefficient (Wildman–Crippen LogP) is 1.45. The van der Waals surface area contributed by atoms with E-state index in [1.165, 1.54) is 16.7 Å². The number of benzene rings is 1. The molecule has 0 radical (unpaired) electrons. The van der Waals surface area contributed by atoms with Gasteiger partial charge in [-0.2, -0.15) is 0 Å². The number of rotatable bonds is 4. The van der Waals surface area contributed by atoms with E-state index in [4.69, 9.17) is 10.2 Å². The first-order chi connectivity index (χ1) is 6.67. The third-order valence-corrected chi connectivity index (χ3v) is 2.61. The molecular formula is C12H18O2. The Kier molecular flexibility index (Phi) is 4.11. The zero-order valence-corrected chi connectivity index (χ0v) is 8.83. The predicted molar refractivity (Wildman–Crippen MR) is 57.3 cm³/mol. The molecule has 0 aliphatic carbocycles. The van der Waals surface area contributed by atoms with Crippen LogP contribution in [0.25, 0.3) is 0 Å². The number of aliphatic hydroxyl groups excluding tert-OH is 2. The Morgan fingerprint density at radius 1 is 1.07 bits per heavy atom. The molecule has 2 heteroatoms. The normalized spacial score (nSPS) is 10.9. The summed E-state index contributed by atoms with van der Waals surface area (Å²) in [5.74, 6) is -0.0305. The van der Waals surface area contributed by atoms with Gasteiger partial charge in [0.25, 0.3) is 0 Å². The molecule has 0 unspecified atom stereocenters. The van der Waals surface area contributed by atoms with Crippen molar-refractivity contribution in [3.63, 3.8) is 0 Å². The number of hydrogen-bond donors (Lipinski definition) is 2. The highest BCUT2D eigenvalue weighted by molar-refractivity contribution is 5.30. The summed E-state index contributed by atoms with van der Waals surface area (Å²) in [6, 6.07) is 6.25. The Bertz CT molecular complexity index is 290. The van der Waals surface area contributed by atoms with Gasteiger partial charge in [0.2, 0.25) is 0 Å². The molecule has 0 fully saturated rings. The Balaban J connectivity index is 2.72. The van der Waals surface area contributed by atoms with Gasteiger partial charge in [-0.05, 0) is 37.0 Å². The molecule has 0 heterocycles. The average Bonchev–Trinajstić information content (AvgIpc) is 2.19. The molecule has 1 aromatic rings. The lowest BCUT2D eigenvalue weighted by Gasteiger charge is -2.11. The molecule has 0 saturated carbocycles. The lowest BCUT2D eigenvalue weighted by atomic mass is 9.98. The molecule has 2 N–H and O–H groups in total. The zero-order chi connectivity index (χ0) is 10.6. The summed E-state index contributed by atoms with van der Waals surface area (Å²) in [6.07, 6.45) is 0.744. The third-order valence-electron chi connectivity index (χ3n) is 2.61. The molecule has 0 aliphatic rings. The lowest BCUT2D eigenvalue weighted by molar-refractivity contribution is 0.150. The molecule has 0 spiro atoms. The Labute approximate surface area is 85.2 Å². The van der Waals surface area contributed by atoms with Crippen molar-refractivity contribution in [1.29, 1.82) is 0 Å². The second-order valence-corrected chi connectivity index (χ2v) is 3.85. The van der Waals surface area contributed by atoms with Crippen molar-refractivity contribution in [2.75, 3.05) is 13.2 Å². The van der Waals surface area contributed by atoms with Gasteiger partial charge in [-0.15, -0.1) is 0 Å². The van der Waals surface area contributed by atoms with E-state index in [-0.39, 0.29) is 19.1 Å². The van der Waals surface area contributed by atoms with Crippen LogP contribution >= 0.6 is 0 Å². The molecule has 0 atom stereocenters. The van der Waals surface area contributed by atoms with E-state index in [1.807, 2.05) is 0 Å². The molecule has 14 heavy (non-hydrogen) atoms. The van der Waals surface area contributed by atoms with Gasteiger partial charge in [0.1, 0.15) is 0 Å². The van der Waals surface area contributed by atoms with Crippen molar-refractivity contribution < 1.29 is 10.2 Å². The highest BCUT2D eigenvalue weighted by atomic mass is 16.3. The first kappa shape index (κ1) is 11.2. The lowest BCUT2D eigenvalue weighted by Crippen LogP contribution is -2.14. The monoisotopic (exact) mass is 194 g/mol. The van der Waals surface area contributed by atoms with Crippen LogP contribution in [0.2, 0.25) is 0 Å². The maximum absolute atomic E-state index is 8.95. The molecule has 0 aromatic heterocycles. The molecule has 0 aliphatic heterocycles. The fraction of sp³-hybridized carbons (Fsp3) is 0.500. The smallest absolute Gasteiger partial charge is 0.0484 e. The second kappa shape index (κ2) is 5.13. The van der Waals surface area contributed by atoms with Gasteiger partial charge in [-0.3, -0.25) is 0 Å². The van der Waals surface area contributed by atoms with Crippen LogP contribution in [0.3, 0.4) is 0 Å². The van der Waals surface area contributed by atoms with Crippen molar-refractivity contribution in [2.24, 2.45) is 5.92 Å². The Hall–Kier alpha value is -0.860. The minimum absolute atomic E-state index is 0.0305. The summed E-state index contributed by atoms with van der Waals surface area (Å²) in [4.78, 5) is 0. The van der Waals surface area contributed by atoms with Gasteiger partial charge in [0, 0.05) is 19.1 Å². The van der Waals surface area contributed by atoms with Crippen LogP contribution in [-0.4, -0.2) is 23.4 Å². The molecule has 1 rings (SSSR count). The van der Waals surface area contributed by atoms with E-state index in [0.29, 0.717) is 0 Å². The molecule has 78 valence electrons. The van der Waals surface area contributed by atoms with Crippen LogP contribution < -0.4 is 0 Å². The summed E-state index contributed by atoms with van der Waals surface area (Å²) < 4.78 is 0. The van der Waals surface area contributed by atoms with Gasteiger partial charge in [0.15, 0.2) is 0 Å². The van der Waals surface area contributed by atoms with E-state index in [2.05, 4.69) is 32.0 Å². The van der Waals surface area contributed by atoms with E-state index in [0.717, 1.165) is 6.42 Å². The molecule has 0 saturated heterocycles. The standard InChI is InChI=1S/C12H18O2/c1-9-3-4-11(5-10(9)2)6-12(7-13)8-14/h3-5,12-14H,6-8H2,1-2H3. The number of aryl methyl sites for hydroxylation is 2. The summed E-state index contributed by atoms with van der Waals surface area (Å²) >= 11 is 0. The largest absolute Gasteiger partial charge is 0.396 e. The first-order valence-electron chi connectivity index (χ1n) is 4.95. The van der Waals surface area contributed by atoms with Gasteiger partial charge in [-0.1, -0.05) is 18.2 Å². The van der Waals surface area contributed by atoms with E-state index < -0.39 is 0 Å². The van der Waals surface area contributed by atoms with Crippen molar-refractivity contribution in [2.45, 2.75) is 20.3 Å². The van der Waals surface area contributed by atoms with E-state index in [1.54, 1.807) is 0 Å². The molecule has 2 nitrogen and oxygen atoms in total. The van der Waals surface area contributed by atoms with E-state index in [9.17, 15) is 0 Å². The van der Waals surface area contributed by atoms with Crippen molar-refractivity contribution >= 4 is 0 Å². The molecular weight excluding hydrogens is 176 g/mol. The minimum Gasteiger partial charge on any atom is -0.396 e. The van der Waals surface area contributed by atoms with E-state index >= 15 is 0 Å². The SMILES string of the molecule is Cc1ccc(CC(CO)CO)cc1C. The highest BCUT2D eigenvalue weighted by Crippen LogP contribution is 2.13. The van der Waals surface area contributed by atoms with Crippen LogP contribution in [0.1, 0.15) is 16.7 Å². The quantitative estimate of drug-likeness (QED) is 0.761. The van der Waals surface area contributed by atoms with Gasteiger partial charge in [-0.25, -0.2) is 0 Å². The maximum atomic E-state index is 8.95. The third kappa shape index (κ3) is 2.82. The van der Waals surface area contributed by atoms with Gasteiger partial charge < -0.3 is 10.2 Å². The van der Waals surface area contributed by atoms with Crippen LogP contribution in [0.15, 0.2) is 18.2 Å². The Morgan fingerprint density at radius 2 is 1.71 bits per heavy atom. The number of hydrogen-bond acceptors (Lipinski definition) is 2. The highest BCUT2D eigenvalue weighted by Gasteiger charge is 2.07. The minimum atomic E-state index is -0.0305. The topological polar surface area (TPSA) is 40.5 Å². The van der Waals surface area contributed by atoms with Gasteiger partial charge >= 0.3 is 0 Å². The van der Waals surface area contributed by atoms with Crippen LogP contribution in [0, 0.1) is 19.8 Å². The average molecular weight is 194 g/mol. The summed E-state index contributed by atoms with van der Waals surface area (Å²) in [5.41, 5.74) is 3.72. The molecule has 1 aromatic carbocycles. The molecule has 0 amide bonds. The van der Waals surface area contributed by atoms with Crippen molar-refractivity contribution in [3.8, 4) is 0 Å².